The first-order chi connectivity index (χ1) is 9.17. The van der Waals surface area contributed by atoms with Gasteiger partial charge in [0, 0.05) is 25.1 Å². The van der Waals surface area contributed by atoms with Gasteiger partial charge in [-0.1, -0.05) is 39.0 Å². The van der Waals surface area contributed by atoms with Crippen LogP contribution in [-0.2, 0) is 17.8 Å². The molecule has 0 aliphatic rings. The molecule has 19 heavy (non-hydrogen) atoms. The van der Waals surface area contributed by atoms with Gasteiger partial charge in [-0.05, 0) is 26.3 Å². The summed E-state index contributed by atoms with van der Waals surface area (Å²) < 4.78 is 1.94. The van der Waals surface area contributed by atoms with E-state index in [1.54, 1.807) is 0 Å². The standard InChI is InChI=1S/C16H28N2O/c1-4-6-7-8-9-10-11-16(19)13-15-12-14(3)17-18(15)5-2/h12H,4-11,13H2,1-3H3. The van der Waals surface area contributed by atoms with Gasteiger partial charge in [0.25, 0.3) is 0 Å². The highest BCUT2D eigenvalue weighted by Gasteiger charge is 2.09. The molecule has 1 aromatic rings. The van der Waals surface area contributed by atoms with E-state index in [2.05, 4.69) is 18.9 Å². The van der Waals surface area contributed by atoms with Crippen molar-refractivity contribution in [2.45, 2.75) is 78.7 Å². The number of hydrogen-bond acceptors (Lipinski definition) is 2. The number of aryl methyl sites for hydroxylation is 2. The highest BCUT2D eigenvalue weighted by molar-refractivity contribution is 5.80. The summed E-state index contributed by atoms with van der Waals surface area (Å²) in [6.07, 6.45) is 8.69. The van der Waals surface area contributed by atoms with Crippen molar-refractivity contribution in [1.29, 1.82) is 0 Å². The fourth-order valence-corrected chi connectivity index (χ4v) is 2.41. The fraction of sp³-hybridized carbons (Fsp3) is 0.750. The number of rotatable bonds is 10. The van der Waals surface area contributed by atoms with Gasteiger partial charge in [-0.3, -0.25) is 9.48 Å². The number of carbonyl (C=O) groups is 1. The third-order valence-electron chi connectivity index (χ3n) is 3.47. The Labute approximate surface area is 117 Å². The summed E-state index contributed by atoms with van der Waals surface area (Å²) in [7, 11) is 0. The summed E-state index contributed by atoms with van der Waals surface area (Å²) in [6.45, 7) is 7.11. The van der Waals surface area contributed by atoms with Crippen LogP contribution in [-0.4, -0.2) is 15.6 Å². The van der Waals surface area contributed by atoms with Crippen LogP contribution in [0.15, 0.2) is 6.07 Å². The van der Waals surface area contributed by atoms with Crippen molar-refractivity contribution in [3.05, 3.63) is 17.5 Å². The molecule has 0 N–H and O–H groups in total. The summed E-state index contributed by atoms with van der Waals surface area (Å²) in [4.78, 5) is 11.9. The Morgan fingerprint density at radius 3 is 2.53 bits per heavy atom. The predicted octanol–water partition coefficient (Wildman–Crippen LogP) is 4.07. The van der Waals surface area contributed by atoms with Gasteiger partial charge in [0.15, 0.2) is 0 Å². The van der Waals surface area contributed by atoms with E-state index in [4.69, 9.17) is 0 Å². The highest BCUT2D eigenvalue weighted by Crippen LogP contribution is 2.10. The molecule has 0 saturated carbocycles. The molecule has 3 nitrogen and oxygen atoms in total. The smallest absolute Gasteiger partial charge is 0.138 e. The van der Waals surface area contributed by atoms with Gasteiger partial charge in [-0.25, -0.2) is 0 Å². The van der Waals surface area contributed by atoms with Crippen LogP contribution in [0.2, 0.25) is 0 Å². The first kappa shape index (κ1) is 15.9. The van der Waals surface area contributed by atoms with E-state index in [1.165, 1.54) is 32.1 Å². The monoisotopic (exact) mass is 264 g/mol. The normalized spacial score (nSPS) is 10.9. The zero-order chi connectivity index (χ0) is 14.1. The van der Waals surface area contributed by atoms with E-state index in [0.717, 1.165) is 30.8 Å². The number of aromatic nitrogens is 2. The quantitative estimate of drug-likeness (QED) is 0.597. The van der Waals surface area contributed by atoms with E-state index in [1.807, 2.05) is 17.7 Å². The van der Waals surface area contributed by atoms with Gasteiger partial charge < -0.3 is 0 Å². The van der Waals surface area contributed by atoms with Crippen LogP contribution in [0.3, 0.4) is 0 Å². The molecule has 0 atom stereocenters. The Bertz CT molecular complexity index is 382. The molecule has 1 aromatic heterocycles. The molecule has 0 saturated heterocycles. The minimum atomic E-state index is 0.352. The second kappa shape index (κ2) is 8.89. The maximum Gasteiger partial charge on any atom is 0.138 e. The van der Waals surface area contributed by atoms with E-state index in [0.29, 0.717) is 12.2 Å². The number of Topliss-reactive ketones (excluding diaryl/α,β-unsaturated/α-hetero) is 1. The van der Waals surface area contributed by atoms with Crippen LogP contribution in [0.4, 0.5) is 0 Å². The average Bonchev–Trinajstić information content (AvgIpc) is 2.73. The lowest BCUT2D eigenvalue weighted by molar-refractivity contribution is -0.118. The maximum atomic E-state index is 11.9. The van der Waals surface area contributed by atoms with Gasteiger partial charge in [0.1, 0.15) is 5.78 Å². The Hall–Kier alpha value is -1.12. The zero-order valence-electron chi connectivity index (χ0n) is 12.7. The van der Waals surface area contributed by atoms with Crippen molar-refractivity contribution >= 4 is 5.78 Å². The molecule has 0 radical (unpaired) electrons. The molecule has 0 spiro atoms. The second-order valence-electron chi connectivity index (χ2n) is 5.33. The molecule has 0 bridgehead atoms. The van der Waals surface area contributed by atoms with E-state index >= 15 is 0 Å². The van der Waals surface area contributed by atoms with Gasteiger partial charge in [-0.15, -0.1) is 0 Å². The van der Waals surface area contributed by atoms with Gasteiger partial charge in [-0.2, -0.15) is 5.10 Å². The first-order valence-electron chi connectivity index (χ1n) is 7.72. The Morgan fingerprint density at radius 2 is 1.84 bits per heavy atom. The lowest BCUT2D eigenvalue weighted by Crippen LogP contribution is -2.09. The first-order valence-corrected chi connectivity index (χ1v) is 7.72. The van der Waals surface area contributed by atoms with Gasteiger partial charge in [0.05, 0.1) is 5.69 Å². The highest BCUT2D eigenvalue weighted by atomic mass is 16.1. The summed E-state index contributed by atoms with van der Waals surface area (Å²) in [5, 5.41) is 4.38. The summed E-state index contributed by atoms with van der Waals surface area (Å²) in [5.41, 5.74) is 2.07. The number of nitrogens with zero attached hydrogens (tertiary/aromatic N) is 2. The van der Waals surface area contributed by atoms with Crippen molar-refractivity contribution in [1.82, 2.24) is 9.78 Å². The van der Waals surface area contributed by atoms with Crippen LogP contribution in [0, 0.1) is 6.92 Å². The van der Waals surface area contributed by atoms with Crippen LogP contribution in [0.5, 0.6) is 0 Å². The molecule has 3 heteroatoms. The molecule has 1 rings (SSSR count). The number of ketones is 1. The van der Waals surface area contributed by atoms with Crippen molar-refractivity contribution in [3.8, 4) is 0 Å². The lowest BCUT2D eigenvalue weighted by atomic mass is 10.1. The van der Waals surface area contributed by atoms with Crippen molar-refractivity contribution < 1.29 is 4.79 Å². The number of carbonyl (C=O) groups excluding carboxylic acids is 1. The molecule has 0 unspecified atom stereocenters. The molecular formula is C16H28N2O. The van der Waals surface area contributed by atoms with Crippen molar-refractivity contribution in [2.75, 3.05) is 0 Å². The van der Waals surface area contributed by atoms with E-state index in [-0.39, 0.29) is 0 Å². The molecule has 0 amide bonds. The third-order valence-corrected chi connectivity index (χ3v) is 3.47. The Balaban J connectivity index is 2.23. The molecular weight excluding hydrogens is 236 g/mol. The third kappa shape index (κ3) is 6.04. The molecule has 0 aliphatic heterocycles. The SMILES string of the molecule is CCCCCCCCC(=O)Cc1cc(C)nn1CC. The van der Waals surface area contributed by atoms with Crippen LogP contribution in [0.1, 0.15) is 70.2 Å². The largest absolute Gasteiger partial charge is 0.299 e. The Kier molecular flexibility index (Phi) is 7.46. The fourth-order valence-electron chi connectivity index (χ4n) is 2.41. The van der Waals surface area contributed by atoms with Gasteiger partial charge in [0.2, 0.25) is 0 Å². The average molecular weight is 264 g/mol. The molecule has 108 valence electrons. The summed E-state index contributed by atoms with van der Waals surface area (Å²) in [5.74, 6) is 0.352. The molecule has 0 aliphatic carbocycles. The summed E-state index contributed by atoms with van der Waals surface area (Å²) >= 11 is 0. The van der Waals surface area contributed by atoms with Crippen LogP contribution in [0.25, 0.3) is 0 Å². The zero-order valence-corrected chi connectivity index (χ0v) is 12.7. The lowest BCUT2D eigenvalue weighted by Gasteiger charge is -2.04. The predicted molar refractivity (Wildman–Crippen MR) is 79.3 cm³/mol. The molecule has 0 fully saturated rings. The topological polar surface area (TPSA) is 34.9 Å². The number of unbranched alkanes of at least 4 members (excludes halogenated alkanes) is 5. The van der Waals surface area contributed by atoms with Gasteiger partial charge >= 0.3 is 0 Å². The minimum absolute atomic E-state index is 0.352. The van der Waals surface area contributed by atoms with E-state index < -0.39 is 0 Å². The van der Waals surface area contributed by atoms with Crippen LogP contribution >= 0.6 is 0 Å². The molecule has 0 aromatic carbocycles. The number of hydrogen-bond donors (Lipinski definition) is 0. The minimum Gasteiger partial charge on any atom is -0.299 e. The second-order valence-corrected chi connectivity index (χ2v) is 5.33. The molecule has 1 heterocycles. The van der Waals surface area contributed by atoms with Crippen LogP contribution < -0.4 is 0 Å². The Morgan fingerprint density at radius 1 is 1.16 bits per heavy atom. The van der Waals surface area contributed by atoms with Crippen molar-refractivity contribution in [2.24, 2.45) is 0 Å². The van der Waals surface area contributed by atoms with Crippen molar-refractivity contribution in [3.63, 3.8) is 0 Å². The van der Waals surface area contributed by atoms with E-state index in [9.17, 15) is 4.79 Å². The summed E-state index contributed by atoms with van der Waals surface area (Å²) in [6, 6.07) is 2.03. The maximum absolute atomic E-state index is 11.9.